The average Bonchev–Trinajstić information content (AvgIpc) is 2.45. The molecule has 0 radical (unpaired) electrons. The standard InChI is InChI=1S/C18H25N3/c1-3-11-19-13-15-12-14-7-4-5-10-17(14)18(20-15)21(2)16-8-6-9-16/h4-5,7,10,12,16,19H,3,6,8-9,11,13H2,1-2H3. The van der Waals surface area contributed by atoms with Crippen LogP contribution in [0, 0.1) is 0 Å². The molecule has 2 aromatic rings. The first kappa shape index (κ1) is 14.3. The van der Waals surface area contributed by atoms with Crippen molar-refractivity contribution in [2.45, 2.75) is 45.2 Å². The highest BCUT2D eigenvalue weighted by atomic mass is 15.2. The van der Waals surface area contributed by atoms with E-state index in [0.29, 0.717) is 6.04 Å². The van der Waals surface area contributed by atoms with Crippen LogP contribution in [0.25, 0.3) is 10.8 Å². The summed E-state index contributed by atoms with van der Waals surface area (Å²) in [6.07, 6.45) is 5.10. The summed E-state index contributed by atoms with van der Waals surface area (Å²) < 4.78 is 0. The second kappa shape index (κ2) is 6.44. The molecule has 0 amide bonds. The highest BCUT2D eigenvalue weighted by Gasteiger charge is 2.24. The topological polar surface area (TPSA) is 28.2 Å². The van der Waals surface area contributed by atoms with E-state index in [1.165, 1.54) is 30.0 Å². The minimum atomic E-state index is 0.666. The third-order valence-electron chi connectivity index (χ3n) is 4.46. The van der Waals surface area contributed by atoms with Gasteiger partial charge in [-0.15, -0.1) is 0 Å². The first-order valence-electron chi connectivity index (χ1n) is 8.12. The van der Waals surface area contributed by atoms with Crippen LogP contribution < -0.4 is 10.2 Å². The smallest absolute Gasteiger partial charge is 0.136 e. The molecule has 0 spiro atoms. The lowest BCUT2D eigenvalue weighted by molar-refractivity contribution is 0.399. The van der Waals surface area contributed by atoms with Crippen molar-refractivity contribution in [1.82, 2.24) is 10.3 Å². The number of benzene rings is 1. The lowest BCUT2D eigenvalue weighted by atomic mass is 9.91. The van der Waals surface area contributed by atoms with E-state index in [0.717, 1.165) is 31.0 Å². The fraction of sp³-hybridized carbons (Fsp3) is 0.500. The van der Waals surface area contributed by atoms with E-state index in [1.54, 1.807) is 0 Å². The van der Waals surface area contributed by atoms with Gasteiger partial charge < -0.3 is 10.2 Å². The Morgan fingerprint density at radius 2 is 2.10 bits per heavy atom. The highest BCUT2D eigenvalue weighted by molar-refractivity contribution is 5.92. The summed E-state index contributed by atoms with van der Waals surface area (Å²) in [4.78, 5) is 7.32. The van der Waals surface area contributed by atoms with Crippen molar-refractivity contribution in [1.29, 1.82) is 0 Å². The predicted octanol–water partition coefficient (Wildman–Crippen LogP) is 3.72. The van der Waals surface area contributed by atoms with Gasteiger partial charge in [0, 0.05) is 25.0 Å². The molecule has 0 saturated heterocycles. The predicted molar refractivity (Wildman–Crippen MR) is 89.8 cm³/mol. The summed E-state index contributed by atoms with van der Waals surface area (Å²) in [5.41, 5.74) is 1.14. The molecule has 1 aromatic heterocycles. The summed E-state index contributed by atoms with van der Waals surface area (Å²) >= 11 is 0. The molecule has 112 valence electrons. The highest BCUT2D eigenvalue weighted by Crippen LogP contribution is 2.32. The summed E-state index contributed by atoms with van der Waals surface area (Å²) in [6.45, 7) is 4.09. The summed E-state index contributed by atoms with van der Waals surface area (Å²) in [5, 5.41) is 6.02. The van der Waals surface area contributed by atoms with Crippen LogP contribution in [0.1, 0.15) is 38.3 Å². The fourth-order valence-corrected chi connectivity index (χ4v) is 2.93. The van der Waals surface area contributed by atoms with E-state index in [1.807, 2.05) is 0 Å². The van der Waals surface area contributed by atoms with E-state index in [2.05, 4.69) is 54.5 Å². The van der Waals surface area contributed by atoms with Gasteiger partial charge in [-0.05, 0) is 43.7 Å². The normalized spacial score (nSPS) is 15.1. The van der Waals surface area contributed by atoms with Crippen LogP contribution in [0.3, 0.4) is 0 Å². The van der Waals surface area contributed by atoms with Gasteiger partial charge in [-0.3, -0.25) is 0 Å². The van der Waals surface area contributed by atoms with Crippen LogP contribution in [0.4, 0.5) is 5.82 Å². The molecule has 1 fully saturated rings. The third-order valence-corrected chi connectivity index (χ3v) is 4.46. The molecule has 1 aliphatic carbocycles. The summed E-state index contributed by atoms with van der Waals surface area (Å²) in [5.74, 6) is 1.14. The van der Waals surface area contributed by atoms with E-state index in [9.17, 15) is 0 Å². The second-order valence-corrected chi connectivity index (χ2v) is 6.03. The molecule has 1 N–H and O–H groups in total. The van der Waals surface area contributed by atoms with Crippen LogP contribution in [-0.4, -0.2) is 24.6 Å². The number of hydrogen-bond donors (Lipinski definition) is 1. The van der Waals surface area contributed by atoms with E-state index >= 15 is 0 Å². The molecule has 0 bridgehead atoms. The number of anilines is 1. The van der Waals surface area contributed by atoms with E-state index in [4.69, 9.17) is 4.98 Å². The Hall–Kier alpha value is -1.61. The van der Waals surface area contributed by atoms with Gasteiger partial charge in [-0.25, -0.2) is 4.98 Å². The molecule has 1 aliphatic rings. The van der Waals surface area contributed by atoms with Crippen LogP contribution in [-0.2, 0) is 6.54 Å². The van der Waals surface area contributed by atoms with Crippen molar-refractivity contribution < 1.29 is 0 Å². The maximum Gasteiger partial charge on any atom is 0.136 e. The Morgan fingerprint density at radius 3 is 2.81 bits per heavy atom. The number of aromatic nitrogens is 1. The van der Waals surface area contributed by atoms with Crippen molar-refractivity contribution in [3.05, 3.63) is 36.0 Å². The molecular weight excluding hydrogens is 258 g/mol. The SMILES string of the molecule is CCCNCc1cc2ccccc2c(N(C)C2CCC2)n1. The van der Waals surface area contributed by atoms with E-state index in [-0.39, 0.29) is 0 Å². The molecular formula is C18H25N3. The van der Waals surface area contributed by atoms with Crippen molar-refractivity contribution in [3.8, 4) is 0 Å². The first-order chi connectivity index (χ1) is 10.3. The zero-order chi connectivity index (χ0) is 14.7. The lowest BCUT2D eigenvalue weighted by Crippen LogP contribution is -2.37. The number of fused-ring (bicyclic) bond motifs is 1. The van der Waals surface area contributed by atoms with Gasteiger partial charge in [0.15, 0.2) is 0 Å². The Kier molecular flexibility index (Phi) is 4.39. The number of nitrogens with one attached hydrogen (secondary N) is 1. The van der Waals surface area contributed by atoms with Crippen LogP contribution >= 0.6 is 0 Å². The number of nitrogens with zero attached hydrogens (tertiary/aromatic N) is 2. The largest absolute Gasteiger partial charge is 0.356 e. The maximum atomic E-state index is 4.94. The Bertz CT molecular complexity index is 604. The van der Waals surface area contributed by atoms with Gasteiger partial charge in [0.25, 0.3) is 0 Å². The monoisotopic (exact) mass is 283 g/mol. The maximum absolute atomic E-state index is 4.94. The molecule has 0 atom stereocenters. The molecule has 0 aliphatic heterocycles. The molecule has 1 saturated carbocycles. The fourth-order valence-electron chi connectivity index (χ4n) is 2.93. The second-order valence-electron chi connectivity index (χ2n) is 6.03. The Labute approximate surface area is 127 Å². The van der Waals surface area contributed by atoms with Gasteiger partial charge in [0.2, 0.25) is 0 Å². The average molecular weight is 283 g/mol. The van der Waals surface area contributed by atoms with Gasteiger partial charge in [0.1, 0.15) is 5.82 Å². The van der Waals surface area contributed by atoms with Crippen LogP contribution in [0.5, 0.6) is 0 Å². The van der Waals surface area contributed by atoms with Crippen molar-refractivity contribution in [3.63, 3.8) is 0 Å². The quantitative estimate of drug-likeness (QED) is 0.819. The molecule has 1 heterocycles. The zero-order valence-corrected chi connectivity index (χ0v) is 13.1. The minimum Gasteiger partial charge on any atom is -0.356 e. The van der Waals surface area contributed by atoms with Crippen LogP contribution in [0.2, 0.25) is 0 Å². The first-order valence-corrected chi connectivity index (χ1v) is 8.12. The Balaban J connectivity index is 1.94. The van der Waals surface area contributed by atoms with E-state index < -0.39 is 0 Å². The number of pyridine rings is 1. The summed E-state index contributed by atoms with van der Waals surface area (Å²) in [6, 6.07) is 11.5. The lowest BCUT2D eigenvalue weighted by Gasteiger charge is -2.36. The molecule has 0 unspecified atom stereocenters. The van der Waals surface area contributed by atoms with Crippen LogP contribution in [0.15, 0.2) is 30.3 Å². The van der Waals surface area contributed by atoms with Gasteiger partial charge in [0.05, 0.1) is 5.69 Å². The Morgan fingerprint density at radius 1 is 1.29 bits per heavy atom. The molecule has 3 nitrogen and oxygen atoms in total. The zero-order valence-electron chi connectivity index (χ0n) is 13.1. The van der Waals surface area contributed by atoms with Crippen molar-refractivity contribution in [2.24, 2.45) is 0 Å². The molecule has 3 rings (SSSR count). The van der Waals surface area contributed by atoms with Gasteiger partial charge in [-0.1, -0.05) is 31.2 Å². The molecule has 3 heteroatoms. The van der Waals surface area contributed by atoms with Gasteiger partial charge in [-0.2, -0.15) is 0 Å². The van der Waals surface area contributed by atoms with Gasteiger partial charge >= 0.3 is 0 Å². The minimum absolute atomic E-state index is 0.666. The van der Waals surface area contributed by atoms with Crippen molar-refractivity contribution >= 4 is 16.6 Å². The van der Waals surface area contributed by atoms with Crippen molar-refractivity contribution in [2.75, 3.05) is 18.5 Å². The number of hydrogen-bond acceptors (Lipinski definition) is 3. The summed E-state index contributed by atoms with van der Waals surface area (Å²) in [7, 11) is 2.20. The molecule has 1 aromatic carbocycles. The molecule has 21 heavy (non-hydrogen) atoms. The number of rotatable bonds is 6. The third kappa shape index (κ3) is 3.03.